The fraction of sp³-hybridized carbons (Fsp3) is 1.00. The third-order valence-electron chi connectivity index (χ3n) is 4.01. The summed E-state index contributed by atoms with van der Waals surface area (Å²) < 4.78 is 0. The van der Waals surface area contributed by atoms with E-state index < -0.39 is 18.3 Å². The summed E-state index contributed by atoms with van der Waals surface area (Å²) in [5.74, 6) is 0. The lowest BCUT2D eigenvalue weighted by Gasteiger charge is -2.43. The molecule has 2 aliphatic rings. The summed E-state index contributed by atoms with van der Waals surface area (Å²) in [7, 11) is 0. The van der Waals surface area contributed by atoms with E-state index in [0.717, 1.165) is 25.9 Å². The van der Waals surface area contributed by atoms with E-state index in [1.807, 2.05) is 0 Å². The van der Waals surface area contributed by atoms with Gasteiger partial charge >= 0.3 is 0 Å². The number of fused-ring (bicyclic) bond motifs is 1. The molecule has 2 fully saturated rings. The van der Waals surface area contributed by atoms with Crippen molar-refractivity contribution in [2.24, 2.45) is 0 Å². The van der Waals surface area contributed by atoms with Gasteiger partial charge in [0.2, 0.25) is 0 Å². The molecule has 5 unspecified atom stereocenters. The Labute approximate surface area is 102 Å². The molecule has 0 bridgehead atoms. The van der Waals surface area contributed by atoms with Gasteiger partial charge in [-0.15, -0.1) is 0 Å². The minimum absolute atomic E-state index is 0.0851. The maximum atomic E-state index is 10.1. The Hall–Kier alpha value is -0.200. The Bertz CT molecular complexity index is 252. The summed E-state index contributed by atoms with van der Waals surface area (Å²) in [5, 5.41) is 33.2. The van der Waals surface area contributed by atoms with Gasteiger partial charge in [-0.05, 0) is 19.4 Å². The van der Waals surface area contributed by atoms with Gasteiger partial charge in [0.25, 0.3) is 0 Å². The first-order valence-electron chi connectivity index (χ1n) is 6.66. The number of rotatable bonds is 4. The molecular formula is C12H24N2O3. The first-order valence-corrected chi connectivity index (χ1v) is 6.66. The second-order valence-electron chi connectivity index (χ2n) is 5.24. The fourth-order valence-electron chi connectivity index (χ4n) is 2.97. The maximum absolute atomic E-state index is 10.1. The van der Waals surface area contributed by atoms with E-state index in [0.29, 0.717) is 13.0 Å². The van der Waals surface area contributed by atoms with Gasteiger partial charge in [0.1, 0.15) is 0 Å². The normalized spacial score (nSPS) is 42.7. The van der Waals surface area contributed by atoms with Gasteiger partial charge in [-0.25, -0.2) is 0 Å². The molecule has 2 aliphatic heterocycles. The Balaban J connectivity index is 1.93. The topological polar surface area (TPSA) is 76.0 Å². The number of hydrogen-bond acceptors (Lipinski definition) is 5. The predicted molar refractivity (Wildman–Crippen MR) is 64.7 cm³/mol. The first kappa shape index (κ1) is 13.2. The van der Waals surface area contributed by atoms with Crippen LogP contribution >= 0.6 is 0 Å². The quantitative estimate of drug-likeness (QED) is 0.473. The van der Waals surface area contributed by atoms with E-state index in [9.17, 15) is 15.3 Å². The van der Waals surface area contributed by atoms with Crippen LogP contribution in [0.15, 0.2) is 0 Å². The van der Waals surface area contributed by atoms with Gasteiger partial charge in [-0.3, -0.25) is 4.90 Å². The van der Waals surface area contributed by atoms with Crippen LogP contribution in [-0.4, -0.2) is 70.2 Å². The van der Waals surface area contributed by atoms with Crippen molar-refractivity contribution in [2.45, 2.75) is 56.6 Å². The molecule has 2 heterocycles. The highest BCUT2D eigenvalue weighted by Gasteiger charge is 2.47. The lowest BCUT2D eigenvalue weighted by Crippen LogP contribution is -2.65. The van der Waals surface area contributed by atoms with Gasteiger partial charge in [-0.2, -0.15) is 0 Å². The van der Waals surface area contributed by atoms with Crippen LogP contribution in [0.3, 0.4) is 0 Å². The lowest BCUT2D eigenvalue weighted by atomic mass is 9.91. The molecule has 4 N–H and O–H groups in total. The molecule has 0 aliphatic carbocycles. The van der Waals surface area contributed by atoms with Crippen molar-refractivity contribution in [3.05, 3.63) is 0 Å². The van der Waals surface area contributed by atoms with Gasteiger partial charge in [0.15, 0.2) is 0 Å². The van der Waals surface area contributed by atoms with Crippen molar-refractivity contribution in [1.82, 2.24) is 10.2 Å². The van der Waals surface area contributed by atoms with E-state index >= 15 is 0 Å². The van der Waals surface area contributed by atoms with Gasteiger partial charge in [0, 0.05) is 19.1 Å². The standard InChI is InChI=1S/C12H24N2O3/c1-2-3-5-13-8-7-14-6-4-9(15)10(14)12(17)11(8)16/h8-13,15-17H,2-7H2,1H3. The van der Waals surface area contributed by atoms with Crippen molar-refractivity contribution in [3.8, 4) is 0 Å². The average Bonchev–Trinajstić information content (AvgIpc) is 2.67. The molecule has 5 heteroatoms. The zero-order valence-electron chi connectivity index (χ0n) is 10.4. The van der Waals surface area contributed by atoms with E-state index in [-0.39, 0.29) is 12.1 Å². The fourth-order valence-corrected chi connectivity index (χ4v) is 2.97. The molecule has 0 spiro atoms. The smallest absolute Gasteiger partial charge is 0.0994 e. The van der Waals surface area contributed by atoms with Crippen LogP contribution in [-0.2, 0) is 0 Å². The molecule has 0 saturated carbocycles. The number of aliphatic hydroxyl groups is 3. The molecule has 5 nitrogen and oxygen atoms in total. The van der Waals surface area contributed by atoms with E-state index in [4.69, 9.17) is 0 Å². The number of nitrogens with zero attached hydrogens (tertiary/aromatic N) is 1. The van der Waals surface area contributed by atoms with Crippen LogP contribution in [0.5, 0.6) is 0 Å². The third kappa shape index (κ3) is 2.63. The number of piperidine rings is 1. The summed E-state index contributed by atoms with van der Waals surface area (Å²) in [5.41, 5.74) is 0. The SMILES string of the molecule is CCCCNC1CN2CCC(O)C2C(O)C1O. The van der Waals surface area contributed by atoms with Gasteiger partial charge in [0.05, 0.1) is 24.4 Å². The van der Waals surface area contributed by atoms with E-state index in [2.05, 4.69) is 17.1 Å². The van der Waals surface area contributed by atoms with Crippen LogP contribution < -0.4 is 5.32 Å². The molecule has 0 aromatic rings. The zero-order valence-corrected chi connectivity index (χ0v) is 10.4. The molecule has 2 saturated heterocycles. The molecule has 0 aromatic carbocycles. The lowest BCUT2D eigenvalue weighted by molar-refractivity contribution is -0.101. The highest BCUT2D eigenvalue weighted by atomic mass is 16.3. The third-order valence-corrected chi connectivity index (χ3v) is 4.01. The molecule has 0 amide bonds. The Morgan fingerprint density at radius 2 is 2.00 bits per heavy atom. The van der Waals surface area contributed by atoms with Crippen molar-refractivity contribution in [2.75, 3.05) is 19.6 Å². The Kier molecular flexibility index (Phi) is 4.38. The Morgan fingerprint density at radius 3 is 2.71 bits per heavy atom. The molecule has 0 aromatic heterocycles. The molecule has 17 heavy (non-hydrogen) atoms. The minimum atomic E-state index is -0.847. The van der Waals surface area contributed by atoms with Crippen LogP contribution in [0.25, 0.3) is 0 Å². The van der Waals surface area contributed by atoms with Crippen molar-refractivity contribution >= 4 is 0 Å². The zero-order chi connectivity index (χ0) is 12.4. The van der Waals surface area contributed by atoms with Crippen molar-refractivity contribution in [1.29, 1.82) is 0 Å². The monoisotopic (exact) mass is 244 g/mol. The predicted octanol–water partition coefficient (Wildman–Crippen LogP) is -1.08. The number of nitrogens with one attached hydrogen (secondary N) is 1. The summed E-state index contributed by atoms with van der Waals surface area (Å²) in [6.07, 6.45) is 0.753. The minimum Gasteiger partial charge on any atom is -0.391 e. The van der Waals surface area contributed by atoms with E-state index in [1.54, 1.807) is 0 Å². The van der Waals surface area contributed by atoms with Crippen molar-refractivity contribution < 1.29 is 15.3 Å². The number of aliphatic hydroxyl groups excluding tert-OH is 3. The van der Waals surface area contributed by atoms with Crippen LogP contribution in [0.4, 0.5) is 0 Å². The average molecular weight is 244 g/mol. The van der Waals surface area contributed by atoms with Crippen LogP contribution in [0.1, 0.15) is 26.2 Å². The molecule has 2 rings (SSSR count). The van der Waals surface area contributed by atoms with Crippen LogP contribution in [0.2, 0.25) is 0 Å². The van der Waals surface area contributed by atoms with E-state index in [1.165, 1.54) is 0 Å². The van der Waals surface area contributed by atoms with Crippen molar-refractivity contribution in [3.63, 3.8) is 0 Å². The Morgan fingerprint density at radius 1 is 1.24 bits per heavy atom. The maximum Gasteiger partial charge on any atom is 0.0994 e. The summed E-state index contributed by atoms with van der Waals surface area (Å²) in [6.45, 7) is 4.51. The summed E-state index contributed by atoms with van der Waals surface area (Å²) >= 11 is 0. The molecule has 5 atom stereocenters. The highest BCUT2D eigenvalue weighted by Crippen LogP contribution is 2.28. The second-order valence-corrected chi connectivity index (χ2v) is 5.24. The van der Waals surface area contributed by atoms with Gasteiger partial charge < -0.3 is 20.6 Å². The number of unbranched alkanes of at least 4 members (excludes halogenated alkanes) is 1. The summed E-state index contributed by atoms with van der Waals surface area (Å²) in [4.78, 5) is 2.09. The highest BCUT2D eigenvalue weighted by molar-refractivity contribution is 5.03. The number of hydrogen-bond donors (Lipinski definition) is 4. The first-order chi connectivity index (χ1) is 8.15. The second kappa shape index (κ2) is 5.63. The molecule has 0 radical (unpaired) electrons. The largest absolute Gasteiger partial charge is 0.391 e. The molecule has 100 valence electrons. The molecular weight excluding hydrogens is 220 g/mol. The summed E-state index contributed by atoms with van der Waals surface area (Å²) in [6, 6.07) is -0.368. The van der Waals surface area contributed by atoms with Gasteiger partial charge in [-0.1, -0.05) is 13.3 Å². The van der Waals surface area contributed by atoms with Crippen LogP contribution in [0, 0.1) is 0 Å².